The fourth-order valence-corrected chi connectivity index (χ4v) is 4.22. The number of nitrogens with one attached hydrogen (secondary N) is 1. The van der Waals surface area contributed by atoms with Crippen LogP contribution in [0.2, 0.25) is 10.0 Å². The summed E-state index contributed by atoms with van der Waals surface area (Å²) in [7, 11) is -2.42. The number of rotatable bonds is 5. The number of amides is 1. The minimum Gasteiger partial charge on any atom is -0.322 e. The van der Waals surface area contributed by atoms with E-state index in [-0.39, 0.29) is 15.5 Å². The molecule has 0 fully saturated rings. The smallest absolute Gasteiger partial charge is 0.264 e. The zero-order valence-electron chi connectivity index (χ0n) is 15.7. The Morgan fingerprint density at radius 2 is 1.66 bits per heavy atom. The summed E-state index contributed by atoms with van der Waals surface area (Å²) in [6, 6.07) is 17.7. The van der Waals surface area contributed by atoms with Gasteiger partial charge in [0.1, 0.15) is 0 Å². The van der Waals surface area contributed by atoms with Gasteiger partial charge in [0.15, 0.2) is 0 Å². The molecule has 0 unspecified atom stereocenters. The van der Waals surface area contributed by atoms with Gasteiger partial charge in [-0.2, -0.15) is 0 Å². The molecule has 150 valence electrons. The Balaban J connectivity index is 1.91. The number of hydrogen-bond donors (Lipinski definition) is 1. The summed E-state index contributed by atoms with van der Waals surface area (Å²) in [5.41, 5.74) is 2.10. The summed E-state index contributed by atoms with van der Waals surface area (Å²) in [5.74, 6) is -0.431. The lowest BCUT2D eigenvalue weighted by molar-refractivity contribution is 0.102. The molecular formula is C21H18Cl2N2O3S. The van der Waals surface area contributed by atoms with Crippen LogP contribution in [0.5, 0.6) is 0 Å². The van der Waals surface area contributed by atoms with Crippen molar-refractivity contribution in [2.75, 3.05) is 16.7 Å². The molecule has 0 aliphatic carbocycles. The topological polar surface area (TPSA) is 66.5 Å². The Morgan fingerprint density at radius 3 is 2.31 bits per heavy atom. The molecule has 0 saturated carbocycles. The van der Waals surface area contributed by atoms with Crippen LogP contribution in [0.4, 0.5) is 11.4 Å². The molecule has 0 bridgehead atoms. The first-order valence-corrected chi connectivity index (χ1v) is 10.8. The van der Waals surface area contributed by atoms with Crippen LogP contribution in [-0.2, 0) is 10.0 Å². The Kier molecular flexibility index (Phi) is 6.17. The van der Waals surface area contributed by atoms with Crippen molar-refractivity contribution in [1.82, 2.24) is 0 Å². The first-order chi connectivity index (χ1) is 13.7. The number of aryl methyl sites for hydroxylation is 1. The predicted molar refractivity (Wildman–Crippen MR) is 118 cm³/mol. The molecule has 8 heteroatoms. The zero-order chi connectivity index (χ0) is 21.2. The summed E-state index contributed by atoms with van der Waals surface area (Å²) in [5, 5.41) is 3.43. The summed E-state index contributed by atoms with van der Waals surface area (Å²) < 4.78 is 26.9. The molecule has 29 heavy (non-hydrogen) atoms. The van der Waals surface area contributed by atoms with Gasteiger partial charge in [-0.25, -0.2) is 8.42 Å². The molecule has 0 saturated heterocycles. The van der Waals surface area contributed by atoms with Crippen molar-refractivity contribution in [3.63, 3.8) is 0 Å². The van der Waals surface area contributed by atoms with Gasteiger partial charge in [0.05, 0.1) is 21.2 Å². The van der Waals surface area contributed by atoms with Crippen LogP contribution in [0, 0.1) is 6.92 Å². The van der Waals surface area contributed by atoms with Crippen LogP contribution in [0.3, 0.4) is 0 Å². The van der Waals surface area contributed by atoms with Crippen LogP contribution in [0.15, 0.2) is 71.6 Å². The summed E-state index contributed by atoms with van der Waals surface area (Å²) in [4.78, 5) is 12.8. The summed E-state index contributed by atoms with van der Waals surface area (Å²) >= 11 is 12.0. The number of hydrogen-bond acceptors (Lipinski definition) is 3. The Hall–Kier alpha value is -2.54. The second kappa shape index (κ2) is 8.45. The lowest BCUT2D eigenvalue weighted by Crippen LogP contribution is -2.27. The number of sulfonamides is 1. The monoisotopic (exact) mass is 448 g/mol. The SMILES string of the molecule is Cc1cccc(NC(=O)c2cc(N(C)S(=O)(=O)c3ccc(Cl)cc3)ccc2Cl)c1. The van der Waals surface area contributed by atoms with Gasteiger partial charge in [0, 0.05) is 17.8 Å². The maximum absolute atomic E-state index is 12.9. The molecule has 0 aliphatic heterocycles. The van der Waals surface area contributed by atoms with E-state index in [1.165, 1.54) is 43.4 Å². The first-order valence-electron chi connectivity index (χ1n) is 8.60. The van der Waals surface area contributed by atoms with Crippen LogP contribution >= 0.6 is 23.2 Å². The van der Waals surface area contributed by atoms with E-state index < -0.39 is 15.9 Å². The van der Waals surface area contributed by atoms with Crippen LogP contribution in [-0.4, -0.2) is 21.4 Å². The summed E-state index contributed by atoms with van der Waals surface area (Å²) in [6.45, 7) is 1.92. The van der Waals surface area contributed by atoms with E-state index in [0.29, 0.717) is 16.4 Å². The van der Waals surface area contributed by atoms with Crippen LogP contribution in [0.25, 0.3) is 0 Å². The van der Waals surface area contributed by atoms with E-state index in [1.807, 2.05) is 25.1 Å². The van der Waals surface area contributed by atoms with E-state index in [1.54, 1.807) is 12.1 Å². The second-order valence-corrected chi connectivity index (χ2v) is 9.23. The lowest BCUT2D eigenvalue weighted by Gasteiger charge is -2.20. The van der Waals surface area contributed by atoms with E-state index in [0.717, 1.165) is 9.87 Å². The average molecular weight is 449 g/mol. The van der Waals surface area contributed by atoms with E-state index in [9.17, 15) is 13.2 Å². The number of benzene rings is 3. The molecule has 5 nitrogen and oxygen atoms in total. The van der Waals surface area contributed by atoms with Gasteiger partial charge < -0.3 is 5.32 Å². The lowest BCUT2D eigenvalue weighted by atomic mass is 10.1. The average Bonchev–Trinajstić information content (AvgIpc) is 2.68. The minimum atomic E-state index is -3.83. The van der Waals surface area contributed by atoms with Gasteiger partial charge in [-0.3, -0.25) is 9.10 Å². The fraction of sp³-hybridized carbons (Fsp3) is 0.0952. The Morgan fingerprint density at radius 1 is 0.966 bits per heavy atom. The fourth-order valence-electron chi connectivity index (χ4n) is 2.71. The normalized spacial score (nSPS) is 11.2. The van der Waals surface area contributed by atoms with Crippen molar-refractivity contribution in [1.29, 1.82) is 0 Å². The molecule has 3 aromatic carbocycles. The van der Waals surface area contributed by atoms with Gasteiger partial charge in [-0.05, 0) is 67.1 Å². The van der Waals surface area contributed by atoms with Gasteiger partial charge >= 0.3 is 0 Å². The quantitative estimate of drug-likeness (QED) is 0.569. The predicted octanol–water partition coefficient (Wildman–Crippen LogP) is 5.38. The van der Waals surface area contributed by atoms with Crippen molar-refractivity contribution in [3.8, 4) is 0 Å². The number of carbonyl (C=O) groups is 1. The molecule has 1 amide bonds. The van der Waals surface area contributed by atoms with Gasteiger partial charge in [0.2, 0.25) is 0 Å². The van der Waals surface area contributed by atoms with Crippen LogP contribution < -0.4 is 9.62 Å². The van der Waals surface area contributed by atoms with Gasteiger partial charge in [0.25, 0.3) is 15.9 Å². The number of nitrogens with zero attached hydrogens (tertiary/aromatic N) is 1. The van der Waals surface area contributed by atoms with Crippen molar-refractivity contribution in [2.45, 2.75) is 11.8 Å². The highest BCUT2D eigenvalue weighted by molar-refractivity contribution is 7.92. The highest BCUT2D eigenvalue weighted by Crippen LogP contribution is 2.28. The van der Waals surface area contributed by atoms with E-state index >= 15 is 0 Å². The summed E-state index contributed by atoms with van der Waals surface area (Å²) in [6.07, 6.45) is 0. The van der Waals surface area contributed by atoms with Crippen LogP contribution in [0.1, 0.15) is 15.9 Å². The standard InChI is InChI=1S/C21H18Cl2N2O3S/c1-14-4-3-5-16(12-14)24-21(26)19-13-17(8-11-20(19)23)25(2)29(27,28)18-9-6-15(22)7-10-18/h3-13H,1-2H3,(H,24,26). The Labute approximate surface area is 179 Å². The van der Waals surface area contributed by atoms with Crippen molar-refractivity contribution in [2.24, 2.45) is 0 Å². The molecule has 0 aliphatic rings. The van der Waals surface area contributed by atoms with Crippen molar-refractivity contribution in [3.05, 3.63) is 87.9 Å². The largest absolute Gasteiger partial charge is 0.322 e. The molecule has 0 aromatic heterocycles. The maximum atomic E-state index is 12.9. The van der Waals surface area contributed by atoms with Crippen molar-refractivity contribution < 1.29 is 13.2 Å². The molecule has 1 N–H and O–H groups in total. The molecule has 0 spiro atoms. The van der Waals surface area contributed by atoms with E-state index in [2.05, 4.69) is 5.32 Å². The third-order valence-corrected chi connectivity index (χ3v) is 6.69. The van der Waals surface area contributed by atoms with E-state index in [4.69, 9.17) is 23.2 Å². The molecular weight excluding hydrogens is 431 g/mol. The second-order valence-electron chi connectivity index (χ2n) is 6.41. The highest BCUT2D eigenvalue weighted by atomic mass is 35.5. The molecule has 3 aromatic rings. The number of carbonyl (C=O) groups excluding carboxylic acids is 1. The third-order valence-electron chi connectivity index (χ3n) is 4.31. The van der Waals surface area contributed by atoms with Gasteiger partial charge in [-0.15, -0.1) is 0 Å². The first kappa shape index (κ1) is 21.2. The molecule has 0 radical (unpaired) electrons. The van der Waals surface area contributed by atoms with Crippen molar-refractivity contribution >= 4 is 50.5 Å². The zero-order valence-corrected chi connectivity index (χ0v) is 18.0. The molecule has 3 rings (SSSR count). The number of halogens is 2. The third kappa shape index (κ3) is 4.72. The number of anilines is 2. The highest BCUT2D eigenvalue weighted by Gasteiger charge is 2.23. The molecule has 0 heterocycles. The van der Waals surface area contributed by atoms with Gasteiger partial charge in [-0.1, -0.05) is 35.3 Å². The maximum Gasteiger partial charge on any atom is 0.264 e. The Bertz CT molecular complexity index is 1160. The minimum absolute atomic E-state index is 0.0881. The molecule has 0 atom stereocenters.